The fourth-order valence-electron chi connectivity index (χ4n) is 3.35. The Balaban J connectivity index is 2.25. The number of allylic oxidation sites excluding steroid dienone is 2. The highest BCUT2D eigenvalue weighted by Gasteiger charge is 2.38. The molecule has 0 saturated carbocycles. The highest BCUT2D eigenvalue weighted by Crippen LogP contribution is 2.47. The lowest BCUT2D eigenvalue weighted by Gasteiger charge is -2.18. The van der Waals surface area contributed by atoms with Gasteiger partial charge in [0, 0.05) is 18.4 Å². The summed E-state index contributed by atoms with van der Waals surface area (Å²) in [5.74, 6) is 2.40. The molecule has 17 heavy (non-hydrogen) atoms. The average Bonchev–Trinajstić information content (AvgIpc) is 2.74. The maximum atomic E-state index is 12.0. The van der Waals surface area contributed by atoms with E-state index in [2.05, 4.69) is 13.8 Å². The number of aryl methyl sites for hydroxylation is 2. The van der Waals surface area contributed by atoms with Crippen molar-refractivity contribution in [2.75, 3.05) is 0 Å². The third-order valence-corrected chi connectivity index (χ3v) is 4.43. The molecule has 2 nitrogen and oxygen atoms in total. The van der Waals surface area contributed by atoms with Gasteiger partial charge in [-0.25, -0.2) is 0 Å². The first kappa shape index (κ1) is 10.8. The largest absolute Gasteiger partial charge is 0.468 e. The molecule has 0 aromatic carbocycles. The number of carbonyl (C=O) groups excluding carboxylic acids is 1. The predicted octanol–water partition coefficient (Wildman–Crippen LogP) is 3.53. The first-order valence-corrected chi connectivity index (χ1v) is 6.41. The molecule has 0 spiro atoms. The van der Waals surface area contributed by atoms with Gasteiger partial charge in [0.2, 0.25) is 0 Å². The van der Waals surface area contributed by atoms with Crippen LogP contribution in [0.15, 0.2) is 16.3 Å². The maximum absolute atomic E-state index is 12.0. The quantitative estimate of drug-likeness (QED) is 0.682. The van der Waals surface area contributed by atoms with Crippen LogP contribution in [0.4, 0.5) is 0 Å². The van der Waals surface area contributed by atoms with Crippen molar-refractivity contribution in [2.24, 2.45) is 11.8 Å². The second-order valence-corrected chi connectivity index (χ2v) is 5.51. The normalized spacial score (nSPS) is 28.1. The highest BCUT2D eigenvalue weighted by molar-refractivity contribution is 6.08. The van der Waals surface area contributed by atoms with Crippen molar-refractivity contribution in [3.05, 3.63) is 28.7 Å². The van der Waals surface area contributed by atoms with Gasteiger partial charge in [0.25, 0.3) is 0 Å². The molecule has 3 rings (SSSR count). The molecule has 0 unspecified atom stereocenters. The predicted molar refractivity (Wildman–Crippen MR) is 66.6 cm³/mol. The van der Waals surface area contributed by atoms with Gasteiger partial charge in [-0.15, -0.1) is 0 Å². The third kappa shape index (κ3) is 1.43. The van der Waals surface area contributed by atoms with Crippen molar-refractivity contribution in [1.82, 2.24) is 0 Å². The van der Waals surface area contributed by atoms with Crippen LogP contribution >= 0.6 is 0 Å². The minimum absolute atomic E-state index is 0.324. The van der Waals surface area contributed by atoms with Crippen LogP contribution in [0.25, 0.3) is 5.57 Å². The van der Waals surface area contributed by atoms with Crippen molar-refractivity contribution >= 4 is 11.4 Å². The Kier molecular flexibility index (Phi) is 2.29. The standard InChI is InChI=1S/C15H18O2/c1-8-4-5-13-14(9(2)7-17-13)15-10(3)12(16)6-11(8)15/h7-8,11H,4-6H2,1-3H3/t8-,11+/m0/s1. The summed E-state index contributed by atoms with van der Waals surface area (Å²) in [4.78, 5) is 12.0. The first-order chi connectivity index (χ1) is 8.09. The molecule has 0 aliphatic heterocycles. The zero-order valence-corrected chi connectivity index (χ0v) is 10.7. The van der Waals surface area contributed by atoms with Gasteiger partial charge in [0.1, 0.15) is 5.76 Å². The van der Waals surface area contributed by atoms with E-state index in [4.69, 9.17) is 4.42 Å². The van der Waals surface area contributed by atoms with Crippen LogP contribution in [0.3, 0.4) is 0 Å². The zero-order chi connectivity index (χ0) is 12.2. The minimum atomic E-state index is 0.324. The van der Waals surface area contributed by atoms with Crippen molar-refractivity contribution in [2.45, 2.75) is 40.0 Å². The molecule has 2 aliphatic rings. The van der Waals surface area contributed by atoms with Crippen LogP contribution in [0.2, 0.25) is 0 Å². The van der Waals surface area contributed by atoms with E-state index in [9.17, 15) is 4.79 Å². The van der Waals surface area contributed by atoms with E-state index in [0.717, 1.165) is 24.2 Å². The van der Waals surface area contributed by atoms with E-state index >= 15 is 0 Å². The van der Waals surface area contributed by atoms with Crippen LogP contribution in [0.5, 0.6) is 0 Å². The van der Waals surface area contributed by atoms with Crippen molar-refractivity contribution in [3.8, 4) is 0 Å². The van der Waals surface area contributed by atoms with E-state index in [0.29, 0.717) is 24.0 Å². The Hall–Kier alpha value is -1.31. The molecule has 1 aromatic heterocycles. The molecule has 1 heterocycles. The molecule has 2 heteroatoms. The summed E-state index contributed by atoms with van der Waals surface area (Å²) in [7, 11) is 0. The Bertz CT molecular complexity index is 519. The summed E-state index contributed by atoms with van der Waals surface area (Å²) in [6.07, 6.45) is 4.66. The first-order valence-electron chi connectivity index (χ1n) is 6.41. The van der Waals surface area contributed by atoms with Crippen molar-refractivity contribution in [1.29, 1.82) is 0 Å². The number of hydrogen-bond acceptors (Lipinski definition) is 2. The van der Waals surface area contributed by atoms with Gasteiger partial charge in [-0.05, 0) is 48.8 Å². The molecule has 2 aliphatic carbocycles. The number of Topliss-reactive ketones (excluding diaryl/α,β-unsaturated/α-hetero) is 1. The Labute approximate surface area is 102 Å². The fraction of sp³-hybridized carbons (Fsp3) is 0.533. The third-order valence-electron chi connectivity index (χ3n) is 4.43. The molecule has 2 atom stereocenters. The molecule has 0 fully saturated rings. The molecule has 0 bridgehead atoms. The molecular weight excluding hydrogens is 212 g/mol. The lowest BCUT2D eigenvalue weighted by atomic mass is 9.84. The lowest BCUT2D eigenvalue weighted by Crippen LogP contribution is -2.10. The fourth-order valence-corrected chi connectivity index (χ4v) is 3.35. The number of carbonyl (C=O) groups is 1. The van der Waals surface area contributed by atoms with E-state index in [1.807, 2.05) is 13.2 Å². The lowest BCUT2D eigenvalue weighted by molar-refractivity contribution is -0.115. The van der Waals surface area contributed by atoms with Gasteiger partial charge < -0.3 is 4.42 Å². The monoisotopic (exact) mass is 230 g/mol. The smallest absolute Gasteiger partial charge is 0.159 e. The summed E-state index contributed by atoms with van der Waals surface area (Å²) in [5.41, 5.74) is 4.67. The highest BCUT2D eigenvalue weighted by atomic mass is 16.3. The van der Waals surface area contributed by atoms with Crippen LogP contribution in [0, 0.1) is 18.8 Å². The number of hydrogen-bond donors (Lipinski definition) is 0. The van der Waals surface area contributed by atoms with Crippen LogP contribution < -0.4 is 0 Å². The zero-order valence-electron chi connectivity index (χ0n) is 10.7. The average molecular weight is 230 g/mol. The summed E-state index contributed by atoms with van der Waals surface area (Å²) in [5, 5.41) is 0. The second-order valence-electron chi connectivity index (χ2n) is 5.51. The molecule has 0 N–H and O–H groups in total. The minimum Gasteiger partial charge on any atom is -0.468 e. The van der Waals surface area contributed by atoms with Gasteiger partial charge in [-0.1, -0.05) is 6.92 Å². The number of fused-ring (bicyclic) bond motifs is 3. The van der Waals surface area contributed by atoms with Gasteiger partial charge >= 0.3 is 0 Å². The number of ketones is 1. The van der Waals surface area contributed by atoms with Crippen LogP contribution in [-0.4, -0.2) is 5.78 Å². The second kappa shape index (κ2) is 3.59. The summed E-state index contributed by atoms with van der Waals surface area (Å²) in [6, 6.07) is 0. The van der Waals surface area contributed by atoms with E-state index in [1.165, 1.54) is 16.7 Å². The van der Waals surface area contributed by atoms with Gasteiger partial charge in [-0.2, -0.15) is 0 Å². The van der Waals surface area contributed by atoms with E-state index in [1.54, 1.807) is 0 Å². The molecule has 0 saturated heterocycles. The Morgan fingerprint density at radius 2 is 2.12 bits per heavy atom. The van der Waals surface area contributed by atoms with Gasteiger partial charge in [0.15, 0.2) is 5.78 Å². The molecule has 0 radical (unpaired) electrons. The maximum Gasteiger partial charge on any atom is 0.159 e. The van der Waals surface area contributed by atoms with E-state index < -0.39 is 0 Å². The SMILES string of the molecule is CC1=C2c3c(C)coc3CC[C@H](C)[C@H]2CC1=O. The van der Waals surface area contributed by atoms with Gasteiger partial charge in [0.05, 0.1) is 6.26 Å². The van der Waals surface area contributed by atoms with Crippen LogP contribution in [0.1, 0.15) is 43.6 Å². The molecule has 90 valence electrons. The van der Waals surface area contributed by atoms with Crippen molar-refractivity contribution < 1.29 is 9.21 Å². The van der Waals surface area contributed by atoms with Crippen LogP contribution in [-0.2, 0) is 11.2 Å². The molecule has 1 aromatic rings. The summed E-state index contributed by atoms with van der Waals surface area (Å²) in [6.45, 7) is 6.32. The van der Waals surface area contributed by atoms with Gasteiger partial charge in [-0.3, -0.25) is 4.79 Å². The Morgan fingerprint density at radius 3 is 2.88 bits per heavy atom. The van der Waals surface area contributed by atoms with E-state index in [-0.39, 0.29) is 0 Å². The number of rotatable bonds is 0. The summed E-state index contributed by atoms with van der Waals surface area (Å²) >= 11 is 0. The molecule has 0 amide bonds. The Morgan fingerprint density at radius 1 is 1.35 bits per heavy atom. The van der Waals surface area contributed by atoms with Crippen molar-refractivity contribution in [3.63, 3.8) is 0 Å². The summed E-state index contributed by atoms with van der Waals surface area (Å²) < 4.78 is 5.66. The molecular formula is C15H18O2. The number of furan rings is 1. The topological polar surface area (TPSA) is 30.2 Å².